The number of amides is 3. The monoisotopic (exact) mass is 429 g/mol. The number of nitrogens with zero attached hydrogens (tertiary/aromatic N) is 1. The summed E-state index contributed by atoms with van der Waals surface area (Å²) in [6.07, 6.45) is 0.612. The molecule has 1 saturated heterocycles. The molecule has 7 nitrogen and oxygen atoms in total. The number of fused-ring (bicyclic) bond motifs is 2. The van der Waals surface area contributed by atoms with Crippen molar-refractivity contribution in [1.82, 2.24) is 10.2 Å². The van der Waals surface area contributed by atoms with Gasteiger partial charge in [-0.3, -0.25) is 19.7 Å². The molecular weight excluding hydrogens is 406 g/mol. The van der Waals surface area contributed by atoms with E-state index >= 15 is 0 Å². The van der Waals surface area contributed by atoms with Gasteiger partial charge in [0.15, 0.2) is 0 Å². The normalized spacial score (nSPS) is 18.0. The summed E-state index contributed by atoms with van der Waals surface area (Å²) < 4.78 is 5.48. The Morgan fingerprint density at radius 1 is 1.09 bits per heavy atom. The largest absolute Gasteiger partial charge is 0.496 e. The predicted molar refractivity (Wildman–Crippen MR) is 120 cm³/mol. The van der Waals surface area contributed by atoms with Gasteiger partial charge in [-0.25, -0.2) is 0 Å². The smallest absolute Gasteiger partial charge is 0.255 e. The van der Waals surface area contributed by atoms with Crippen LogP contribution in [0.3, 0.4) is 0 Å². The standard InChI is InChI=1S/C25H23N3O4/c1-32-22-4-2-3-16-6-5-15(11-20(16)22)13-26-18-7-8-19-17(12-18)14-28(25(19)31)21-9-10-23(29)27-24(21)30/h2-8,11-12,21,26H,9-10,13-14H2,1H3,(H,27,29,30). The van der Waals surface area contributed by atoms with Crippen LogP contribution >= 0.6 is 0 Å². The Labute approximate surface area is 185 Å². The van der Waals surface area contributed by atoms with Crippen LogP contribution in [-0.4, -0.2) is 35.8 Å². The predicted octanol–water partition coefficient (Wildman–Crippen LogP) is 3.22. The van der Waals surface area contributed by atoms with E-state index in [1.54, 1.807) is 18.1 Å². The van der Waals surface area contributed by atoms with Crippen molar-refractivity contribution < 1.29 is 19.1 Å². The molecule has 3 aromatic rings. The minimum atomic E-state index is -0.600. The summed E-state index contributed by atoms with van der Waals surface area (Å²) in [6, 6.07) is 17.3. The molecule has 2 N–H and O–H groups in total. The van der Waals surface area contributed by atoms with Crippen LogP contribution in [0.5, 0.6) is 5.75 Å². The van der Waals surface area contributed by atoms with Crippen LogP contribution in [-0.2, 0) is 22.7 Å². The van der Waals surface area contributed by atoms with E-state index in [2.05, 4.69) is 34.9 Å². The fourth-order valence-electron chi connectivity index (χ4n) is 4.47. The third kappa shape index (κ3) is 3.56. The van der Waals surface area contributed by atoms with E-state index in [9.17, 15) is 14.4 Å². The van der Waals surface area contributed by atoms with Gasteiger partial charge in [-0.15, -0.1) is 0 Å². The summed E-state index contributed by atoms with van der Waals surface area (Å²) >= 11 is 0. The highest BCUT2D eigenvalue weighted by molar-refractivity contribution is 6.05. The molecule has 0 radical (unpaired) electrons. The van der Waals surface area contributed by atoms with Crippen molar-refractivity contribution >= 4 is 34.2 Å². The maximum Gasteiger partial charge on any atom is 0.255 e. The van der Waals surface area contributed by atoms with Crippen LogP contribution in [0.15, 0.2) is 54.6 Å². The molecule has 32 heavy (non-hydrogen) atoms. The van der Waals surface area contributed by atoms with E-state index in [1.807, 2.05) is 24.3 Å². The van der Waals surface area contributed by atoms with Crippen molar-refractivity contribution in [3.8, 4) is 5.75 Å². The molecule has 1 fully saturated rings. The van der Waals surface area contributed by atoms with Gasteiger partial charge in [0.25, 0.3) is 5.91 Å². The van der Waals surface area contributed by atoms with Gasteiger partial charge in [0.2, 0.25) is 11.8 Å². The van der Waals surface area contributed by atoms with Crippen LogP contribution in [0, 0.1) is 0 Å². The molecule has 0 spiro atoms. The van der Waals surface area contributed by atoms with Gasteiger partial charge < -0.3 is 15.0 Å². The highest BCUT2D eigenvalue weighted by atomic mass is 16.5. The molecule has 3 aromatic carbocycles. The van der Waals surface area contributed by atoms with Crippen molar-refractivity contribution in [2.45, 2.75) is 32.0 Å². The number of ether oxygens (including phenoxy) is 1. The van der Waals surface area contributed by atoms with Crippen molar-refractivity contribution in [2.75, 3.05) is 12.4 Å². The van der Waals surface area contributed by atoms with E-state index in [1.165, 1.54) is 0 Å². The lowest BCUT2D eigenvalue weighted by Crippen LogP contribution is -2.52. The molecule has 7 heteroatoms. The van der Waals surface area contributed by atoms with E-state index in [4.69, 9.17) is 4.74 Å². The van der Waals surface area contributed by atoms with Crippen molar-refractivity contribution in [3.05, 3.63) is 71.3 Å². The molecular formula is C25H23N3O4. The summed E-state index contributed by atoms with van der Waals surface area (Å²) in [5, 5.41) is 7.94. The Bertz CT molecular complexity index is 1250. The van der Waals surface area contributed by atoms with Gasteiger partial charge in [-0.2, -0.15) is 0 Å². The van der Waals surface area contributed by atoms with Crippen LogP contribution in [0.2, 0.25) is 0 Å². The van der Waals surface area contributed by atoms with Gasteiger partial charge in [0.1, 0.15) is 11.8 Å². The molecule has 1 atom stereocenters. The lowest BCUT2D eigenvalue weighted by Gasteiger charge is -2.29. The number of piperidine rings is 1. The first-order chi connectivity index (χ1) is 15.5. The Morgan fingerprint density at radius 3 is 2.78 bits per heavy atom. The average molecular weight is 429 g/mol. The third-order valence-electron chi connectivity index (χ3n) is 6.15. The number of methoxy groups -OCH3 is 1. The second-order valence-corrected chi connectivity index (χ2v) is 8.14. The number of nitrogens with one attached hydrogen (secondary N) is 2. The van der Waals surface area contributed by atoms with Gasteiger partial charge in [-0.1, -0.05) is 24.3 Å². The Morgan fingerprint density at radius 2 is 1.97 bits per heavy atom. The molecule has 0 aliphatic carbocycles. The molecule has 162 valence electrons. The molecule has 0 bridgehead atoms. The molecule has 3 amide bonds. The lowest BCUT2D eigenvalue weighted by molar-refractivity contribution is -0.136. The van der Waals surface area contributed by atoms with Crippen LogP contribution in [0.1, 0.15) is 34.3 Å². The molecule has 2 aliphatic heterocycles. The molecule has 2 heterocycles. The van der Waals surface area contributed by atoms with Crippen molar-refractivity contribution in [2.24, 2.45) is 0 Å². The Kier molecular flexibility index (Phi) is 5.01. The Hall–Kier alpha value is -3.87. The van der Waals surface area contributed by atoms with E-state index in [-0.39, 0.29) is 18.2 Å². The lowest BCUT2D eigenvalue weighted by atomic mass is 10.0. The summed E-state index contributed by atoms with van der Waals surface area (Å²) in [4.78, 5) is 38.0. The first-order valence-electron chi connectivity index (χ1n) is 10.6. The molecule has 1 unspecified atom stereocenters. The SMILES string of the molecule is COc1cccc2ccc(CNc3ccc4c(c3)CN(C3CCC(=O)NC3=O)C4=O)cc12. The molecule has 5 rings (SSSR count). The summed E-state index contributed by atoms with van der Waals surface area (Å²) in [6.45, 7) is 0.987. The zero-order valence-electron chi connectivity index (χ0n) is 17.7. The first-order valence-corrected chi connectivity index (χ1v) is 10.6. The minimum absolute atomic E-state index is 0.164. The number of benzene rings is 3. The van der Waals surface area contributed by atoms with Gasteiger partial charge in [0.05, 0.1) is 7.11 Å². The maximum atomic E-state index is 12.8. The summed E-state index contributed by atoms with van der Waals surface area (Å²) in [7, 11) is 1.67. The number of hydrogen-bond donors (Lipinski definition) is 2. The van der Waals surface area contributed by atoms with E-state index in [0.717, 1.165) is 33.3 Å². The molecule has 0 aromatic heterocycles. The fraction of sp³-hybridized carbons (Fsp3) is 0.240. The number of anilines is 1. The zero-order chi connectivity index (χ0) is 22.2. The molecule has 0 saturated carbocycles. The van der Waals surface area contributed by atoms with Crippen LogP contribution in [0.4, 0.5) is 5.69 Å². The Balaban J connectivity index is 1.31. The van der Waals surface area contributed by atoms with Crippen LogP contribution < -0.4 is 15.4 Å². The minimum Gasteiger partial charge on any atom is -0.496 e. The van der Waals surface area contributed by atoms with Crippen molar-refractivity contribution in [3.63, 3.8) is 0 Å². The average Bonchev–Trinajstić information content (AvgIpc) is 3.12. The van der Waals surface area contributed by atoms with Crippen molar-refractivity contribution in [1.29, 1.82) is 0 Å². The molecule has 2 aliphatic rings. The second kappa shape index (κ2) is 8.00. The number of hydrogen-bond acceptors (Lipinski definition) is 5. The van der Waals surface area contributed by atoms with Gasteiger partial charge in [-0.05, 0) is 53.3 Å². The zero-order valence-corrected chi connectivity index (χ0v) is 17.7. The first kappa shape index (κ1) is 20.1. The quantitative estimate of drug-likeness (QED) is 0.608. The van der Waals surface area contributed by atoms with Gasteiger partial charge >= 0.3 is 0 Å². The summed E-state index contributed by atoms with van der Waals surface area (Å²) in [5.74, 6) is -0.00250. The highest BCUT2D eigenvalue weighted by Crippen LogP contribution is 2.30. The van der Waals surface area contributed by atoms with Gasteiger partial charge in [0, 0.05) is 36.1 Å². The number of imide groups is 1. The second-order valence-electron chi connectivity index (χ2n) is 8.14. The maximum absolute atomic E-state index is 12.8. The fourth-order valence-corrected chi connectivity index (χ4v) is 4.47. The third-order valence-corrected chi connectivity index (χ3v) is 6.15. The highest BCUT2D eigenvalue weighted by Gasteiger charge is 2.39. The van der Waals surface area contributed by atoms with Crippen LogP contribution in [0.25, 0.3) is 10.8 Å². The number of carbonyl (C=O) groups excluding carboxylic acids is 3. The number of carbonyl (C=O) groups is 3. The summed E-state index contributed by atoms with van der Waals surface area (Å²) in [5.41, 5.74) is 3.51. The number of rotatable bonds is 5. The van der Waals surface area contributed by atoms with E-state index < -0.39 is 11.9 Å². The topological polar surface area (TPSA) is 87.7 Å². The van der Waals surface area contributed by atoms with E-state index in [0.29, 0.717) is 25.1 Å².